The maximum atomic E-state index is 11.1. The van der Waals surface area contributed by atoms with Gasteiger partial charge in [0.25, 0.3) is 0 Å². The third kappa shape index (κ3) is 3.05. The van der Waals surface area contributed by atoms with Crippen LogP contribution in [0.5, 0.6) is 0 Å². The van der Waals surface area contributed by atoms with Crippen molar-refractivity contribution in [2.75, 3.05) is 11.9 Å². The molecule has 1 aromatic rings. The zero-order valence-corrected chi connectivity index (χ0v) is 10.5. The fourth-order valence-corrected chi connectivity index (χ4v) is 1.60. The lowest BCUT2D eigenvalue weighted by Crippen LogP contribution is -2.08. The van der Waals surface area contributed by atoms with Crippen LogP contribution in [0.1, 0.15) is 26.0 Å². The van der Waals surface area contributed by atoms with Gasteiger partial charge in [0, 0.05) is 13.6 Å². The highest BCUT2D eigenvalue weighted by Gasteiger charge is 2.25. The van der Waals surface area contributed by atoms with E-state index in [1.54, 1.807) is 7.05 Å². The Balaban J connectivity index is 3.08. The van der Waals surface area contributed by atoms with Crippen LogP contribution < -0.4 is 5.32 Å². The number of aromatic nitrogens is 2. The zero-order chi connectivity index (χ0) is 13.0. The molecule has 6 heteroatoms. The van der Waals surface area contributed by atoms with Gasteiger partial charge in [0.15, 0.2) is 0 Å². The number of nitrogens with zero attached hydrogens (tertiary/aromatic N) is 3. The monoisotopic (exact) mass is 238 g/mol. The molecule has 0 atom stereocenters. The third-order valence-corrected chi connectivity index (χ3v) is 2.32. The van der Waals surface area contributed by atoms with E-state index in [1.165, 1.54) is 4.68 Å². The molecule has 0 spiro atoms. The summed E-state index contributed by atoms with van der Waals surface area (Å²) >= 11 is 0. The van der Waals surface area contributed by atoms with Crippen molar-refractivity contribution in [1.82, 2.24) is 9.78 Å². The van der Waals surface area contributed by atoms with E-state index in [9.17, 15) is 10.1 Å². The zero-order valence-electron chi connectivity index (χ0n) is 10.5. The van der Waals surface area contributed by atoms with Crippen molar-refractivity contribution in [1.29, 1.82) is 0 Å². The lowest BCUT2D eigenvalue weighted by atomic mass is 10.2. The summed E-state index contributed by atoms with van der Waals surface area (Å²) in [6, 6.07) is 0. The molecule has 0 radical (unpaired) electrons. The van der Waals surface area contributed by atoms with Crippen LogP contribution in [0.25, 0.3) is 0 Å². The van der Waals surface area contributed by atoms with Gasteiger partial charge in [0.05, 0.1) is 4.92 Å². The molecule has 0 unspecified atom stereocenters. The number of nitro groups is 1. The molecule has 0 aliphatic rings. The molecule has 17 heavy (non-hydrogen) atoms. The van der Waals surface area contributed by atoms with Crippen LogP contribution >= 0.6 is 0 Å². The highest BCUT2D eigenvalue weighted by Crippen LogP contribution is 2.28. The first-order chi connectivity index (χ1) is 7.97. The number of aryl methyl sites for hydroxylation is 2. The van der Waals surface area contributed by atoms with Gasteiger partial charge in [-0.3, -0.25) is 10.1 Å². The second-order valence-electron chi connectivity index (χ2n) is 4.09. The quantitative estimate of drug-likeness (QED) is 0.468. The molecule has 0 bridgehead atoms. The molecule has 1 heterocycles. The Morgan fingerprint density at radius 3 is 2.76 bits per heavy atom. The lowest BCUT2D eigenvalue weighted by molar-refractivity contribution is -0.384. The Bertz CT molecular complexity index is 437. The number of hydrogen-bond donors (Lipinski definition) is 1. The van der Waals surface area contributed by atoms with Crippen molar-refractivity contribution in [3.8, 4) is 0 Å². The van der Waals surface area contributed by atoms with E-state index >= 15 is 0 Å². The maximum absolute atomic E-state index is 11.1. The van der Waals surface area contributed by atoms with Gasteiger partial charge in [0.2, 0.25) is 5.82 Å². The van der Waals surface area contributed by atoms with Gasteiger partial charge >= 0.3 is 5.69 Å². The molecular formula is C11H18N4O2. The third-order valence-electron chi connectivity index (χ3n) is 2.32. The maximum Gasteiger partial charge on any atom is 0.334 e. The van der Waals surface area contributed by atoms with Crippen LogP contribution in [-0.2, 0) is 13.5 Å². The Hall–Kier alpha value is -1.85. The summed E-state index contributed by atoms with van der Waals surface area (Å²) in [7, 11) is 1.70. The van der Waals surface area contributed by atoms with Crippen molar-refractivity contribution < 1.29 is 4.92 Å². The van der Waals surface area contributed by atoms with Gasteiger partial charge in [-0.05, 0) is 13.3 Å². The normalized spacial score (nSPS) is 10.3. The highest BCUT2D eigenvalue weighted by atomic mass is 16.6. The highest BCUT2D eigenvalue weighted by molar-refractivity contribution is 5.60. The van der Waals surface area contributed by atoms with Gasteiger partial charge in [-0.25, -0.2) is 4.68 Å². The minimum Gasteiger partial charge on any atom is -0.361 e. The van der Waals surface area contributed by atoms with Crippen LogP contribution in [0.4, 0.5) is 11.5 Å². The van der Waals surface area contributed by atoms with Gasteiger partial charge < -0.3 is 5.32 Å². The summed E-state index contributed by atoms with van der Waals surface area (Å²) in [5.74, 6) is 0.446. The molecule has 0 saturated carbocycles. The smallest absolute Gasteiger partial charge is 0.334 e. The van der Waals surface area contributed by atoms with Crippen LogP contribution in [0.15, 0.2) is 12.2 Å². The van der Waals surface area contributed by atoms with Gasteiger partial charge in [0.1, 0.15) is 5.69 Å². The fourth-order valence-electron chi connectivity index (χ4n) is 1.60. The summed E-state index contributed by atoms with van der Waals surface area (Å²) in [4.78, 5) is 10.7. The minimum absolute atomic E-state index is 0.0793. The molecule has 0 fully saturated rings. The molecule has 6 nitrogen and oxygen atoms in total. The SMILES string of the molecule is C=C(C)CNc1c([N+](=O)[O-])c(CCC)nn1C. The Kier molecular flexibility index (Phi) is 4.25. The van der Waals surface area contributed by atoms with Crippen LogP contribution in [0.2, 0.25) is 0 Å². The van der Waals surface area contributed by atoms with E-state index in [4.69, 9.17) is 0 Å². The van der Waals surface area contributed by atoms with Crippen molar-refractivity contribution in [3.63, 3.8) is 0 Å². The van der Waals surface area contributed by atoms with E-state index in [0.29, 0.717) is 24.5 Å². The number of anilines is 1. The Morgan fingerprint density at radius 2 is 2.29 bits per heavy atom. The molecule has 0 saturated heterocycles. The van der Waals surface area contributed by atoms with E-state index in [2.05, 4.69) is 17.0 Å². The predicted octanol–water partition coefficient (Wildman–Crippen LogP) is 2.27. The molecule has 1 N–H and O–H groups in total. The second kappa shape index (κ2) is 5.47. The van der Waals surface area contributed by atoms with Crippen LogP contribution in [0, 0.1) is 10.1 Å². The molecule has 0 amide bonds. The molecule has 0 aliphatic carbocycles. The summed E-state index contributed by atoms with van der Waals surface area (Å²) < 4.78 is 1.52. The molecule has 0 aliphatic heterocycles. The first kappa shape index (κ1) is 13.2. The van der Waals surface area contributed by atoms with Crippen LogP contribution in [-0.4, -0.2) is 21.2 Å². The lowest BCUT2D eigenvalue weighted by Gasteiger charge is -2.04. The van der Waals surface area contributed by atoms with E-state index < -0.39 is 0 Å². The van der Waals surface area contributed by atoms with Crippen molar-refractivity contribution in [2.45, 2.75) is 26.7 Å². The van der Waals surface area contributed by atoms with Crippen molar-refractivity contribution in [3.05, 3.63) is 28.0 Å². The van der Waals surface area contributed by atoms with Crippen LogP contribution in [0.3, 0.4) is 0 Å². The summed E-state index contributed by atoms with van der Waals surface area (Å²) in [6.45, 7) is 8.10. The average Bonchev–Trinajstić information content (AvgIpc) is 2.52. The molecule has 94 valence electrons. The topological polar surface area (TPSA) is 73.0 Å². The standard InChI is InChI=1S/C11H18N4O2/c1-5-6-9-10(15(16)17)11(14(4)13-9)12-7-8(2)3/h12H,2,5-7H2,1,3-4H3. The van der Waals surface area contributed by atoms with Crippen molar-refractivity contribution in [2.24, 2.45) is 7.05 Å². The van der Waals surface area contributed by atoms with E-state index in [0.717, 1.165) is 12.0 Å². The fraction of sp³-hybridized carbons (Fsp3) is 0.545. The summed E-state index contributed by atoms with van der Waals surface area (Å²) in [5.41, 5.74) is 1.53. The average molecular weight is 238 g/mol. The van der Waals surface area contributed by atoms with Gasteiger partial charge in [-0.2, -0.15) is 5.10 Å². The second-order valence-corrected chi connectivity index (χ2v) is 4.09. The summed E-state index contributed by atoms with van der Waals surface area (Å²) in [6.07, 6.45) is 1.44. The molecule has 0 aromatic carbocycles. The predicted molar refractivity (Wildman–Crippen MR) is 67.2 cm³/mol. The Labute approximate surface area is 100 Å². The first-order valence-electron chi connectivity index (χ1n) is 5.55. The molecular weight excluding hydrogens is 220 g/mol. The molecule has 1 rings (SSSR count). The number of hydrogen-bond acceptors (Lipinski definition) is 4. The largest absolute Gasteiger partial charge is 0.361 e. The van der Waals surface area contributed by atoms with Crippen molar-refractivity contribution >= 4 is 11.5 Å². The van der Waals surface area contributed by atoms with E-state index in [-0.39, 0.29) is 10.6 Å². The summed E-state index contributed by atoms with van der Waals surface area (Å²) in [5, 5.41) is 18.2. The number of nitrogens with one attached hydrogen (secondary N) is 1. The molecule has 1 aromatic heterocycles. The van der Waals surface area contributed by atoms with Gasteiger partial charge in [-0.1, -0.05) is 25.5 Å². The Morgan fingerprint density at radius 1 is 1.65 bits per heavy atom. The number of rotatable bonds is 6. The minimum atomic E-state index is -0.376. The first-order valence-corrected chi connectivity index (χ1v) is 5.55. The van der Waals surface area contributed by atoms with E-state index in [1.807, 2.05) is 13.8 Å². The van der Waals surface area contributed by atoms with Gasteiger partial charge in [-0.15, -0.1) is 0 Å².